The van der Waals surface area contributed by atoms with Crippen LogP contribution in [0.5, 0.6) is 0 Å². The molecule has 0 spiro atoms. The second-order valence-corrected chi connectivity index (χ2v) is 4.97. The number of aryl methyl sites for hydroxylation is 1. The molecule has 0 aromatic heterocycles. The Morgan fingerprint density at radius 1 is 1.44 bits per heavy atom. The molecule has 88 valence electrons. The van der Waals surface area contributed by atoms with Gasteiger partial charge in [0.25, 0.3) is 0 Å². The maximum atomic E-state index is 6.08. The van der Waals surface area contributed by atoms with E-state index < -0.39 is 0 Å². The first-order valence-corrected chi connectivity index (χ1v) is 6.30. The van der Waals surface area contributed by atoms with Gasteiger partial charge in [-0.15, -0.1) is 0 Å². The second kappa shape index (κ2) is 5.07. The predicted octanol–water partition coefficient (Wildman–Crippen LogP) is 2.84. The summed E-state index contributed by atoms with van der Waals surface area (Å²) in [5.41, 5.74) is 2.59. The van der Waals surface area contributed by atoms with Crippen molar-refractivity contribution >= 4 is 17.3 Å². The lowest BCUT2D eigenvalue weighted by molar-refractivity contribution is 0.629. The van der Waals surface area contributed by atoms with Crippen LogP contribution >= 0.6 is 11.6 Å². The van der Waals surface area contributed by atoms with Crippen LogP contribution in [-0.2, 0) is 0 Å². The molecule has 1 N–H and O–H groups in total. The Morgan fingerprint density at radius 3 is 3.06 bits per heavy atom. The van der Waals surface area contributed by atoms with Crippen LogP contribution < -0.4 is 10.2 Å². The molecule has 1 aromatic carbocycles. The number of hydrogen-bond acceptors (Lipinski definition) is 2. The van der Waals surface area contributed by atoms with Gasteiger partial charge in [0.1, 0.15) is 0 Å². The molecule has 1 unspecified atom stereocenters. The Bertz CT molecular complexity index is 365. The average molecular weight is 239 g/mol. The fourth-order valence-corrected chi connectivity index (χ4v) is 2.43. The summed E-state index contributed by atoms with van der Waals surface area (Å²) in [4.78, 5) is 2.46. The minimum atomic E-state index is 0.527. The fraction of sp³-hybridized carbons (Fsp3) is 0.538. The van der Waals surface area contributed by atoms with Gasteiger partial charge < -0.3 is 10.2 Å². The van der Waals surface area contributed by atoms with Crippen LogP contribution in [0.3, 0.4) is 0 Å². The van der Waals surface area contributed by atoms with Gasteiger partial charge in [-0.2, -0.15) is 0 Å². The Morgan fingerprint density at radius 2 is 2.25 bits per heavy atom. The lowest BCUT2D eigenvalue weighted by atomic mass is 10.1. The van der Waals surface area contributed by atoms with Crippen LogP contribution in [0.2, 0.25) is 5.02 Å². The summed E-state index contributed by atoms with van der Waals surface area (Å²) in [5, 5.41) is 4.28. The Balaban J connectivity index is 2.29. The molecule has 1 saturated heterocycles. The molecule has 3 heteroatoms. The standard InChI is InChI=1S/C13H19ClN2/c1-10-4-5-12(14)8-13(10)16-7-3-6-15-9-11(16)2/h4-5,8,11,15H,3,6-7,9H2,1-2H3. The molecule has 0 radical (unpaired) electrons. The number of benzene rings is 1. The van der Waals surface area contributed by atoms with Crippen molar-refractivity contribution in [1.82, 2.24) is 5.32 Å². The van der Waals surface area contributed by atoms with E-state index in [1.807, 2.05) is 6.07 Å². The minimum Gasteiger partial charge on any atom is -0.367 e. The maximum absolute atomic E-state index is 6.08. The Kier molecular flexibility index (Phi) is 3.72. The first kappa shape index (κ1) is 11.7. The van der Waals surface area contributed by atoms with Crippen LogP contribution in [-0.4, -0.2) is 25.7 Å². The lowest BCUT2D eigenvalue weighted by Gasteiger charge is -2.30. The first-order valence-electron chi connectivity index (χ1n) is 5.92. The van der Waals surface area contributed by atoms with Gasteiger partial charge in [0.2, 0.25) is 0 Å². The van der Waals surface area contributed by atoms with Gasteiger partial charge in [0.05, 0.1) is 0 Å². The fourth-order valence-electron chi connectivity index (χ4n) is 2.27. The van der Waals surface area contributed by atoms with Gasteiger partial charge in [-0.05, 0) is 44.5 Å². The molecule has 0 bridgehead atoms. The molecule has 1 aliphatic heterocycles. The molecule has 1 aromatic rings. The van der Waals surface area contributed by atoms with Crippen LogP contribution in [0, 0.1) is 6.92 Å². The molecule has 0 amide bonds. The predicted molar refractivity (Wildman–Crippen MR) is 70.5 cm³/mol. The van der Waals surface area contributed by atoms with Gasteiger partial charge >= 0.3 is 0 Å². The van der Waals surface area contributed by atoms with Crippen molar-refractivity contribution in [3.8, 4) is 0 Å². The summed E-state index contributed by atoms with van der Waals surface area (Å²) in [6.07, 6.45) is 1.19. The number of nitrogens with zero attached hydrogens (tertiary/aromatic N) is 1. The maximum Gasteiger partial charge on any atom is 0.0426 e. The van der Waals surface area contributed by atoms with E-state index in [4.69, 9.17) is 11.6 Å². The smallest absolute Gasteiger partial charge is 0.0426 e. The van der Waals surface area contributed by atoms with Gasteiger partial charge in [-0.25, -0.2) is 0 Å². The third kappa shape index (κ3) is 2.50. The average Bonchev–Trinajstić information content (AvgIpc) is 2.47. The first-order chi connectivity index (χ1) is 7.68. The van der Waals surface area contributed by atoms with E-state index in [0.717, 1.165) is 24.7 Å². The summed E-state index contributed by atoms with van der Waals surface area (Å²) in [7, 11) is 0. The molecule has 1 atom stereocenters. The van der Waals surface area contributed by atoms with Crippen molar-refractivity contribution in [2.24, 2.45) is 0 Å². The van der Waals surface area contributed by atoms with Gasteiger partial charge in [0, 0.05) is 29.8 Å². The number of halogens is 1. The summed E-state index contributed by atoms with van der Waals surface area (Å²) in [5.74, 6) is 0. The summed E-state index contributed by atoms with van der Waals surface area (Å²) < 4.78 is 0. The van der Waals surface area contributed by atoms with E-state index in [1.54, 1.807) is 0 Å². The third-order valence-corrected chi connectivity index (χ3v) is 3.44. The Hall–Kier alpha value is -0.730. The number of nitrogens with one attached hydrogen (secondary N) is 1. The van der Waals surface area contributed by atoms with E-state index >= 15 is 0 Å². The molecule has 0 aliphatic carbocycles. The largest absolute Gasteiger partial charge is 0.367 e. The zero-order chi connectivity index (χ0) is 11.5. The molecule has 16 heavy (non-hydrogen) atoms. The quantitative estimate of drug-likeness (QED) is 0.810. The molecular weight excluding hydrogens is 220 g/mol. The van der Waals surface area contributed by atoms with Gasteiger partial charge in [0.15, 0.2) is 0 Å². The second-order valence-electron chi connectivity index (χ2n) is 4.53. The van der Waals surface area contributed by atoms with Crippen molar-refractivity contribution in [2.75, 3.05) is 24.5 Å². The van der Waals surface area contributed by atoms with Crippen LogP contribution in [0.25, 0.3) is 0 Å². The highest BCUT2D eigenvalue weighted by Gasteiger charge is 2.18. The lowest BCUT2D eigenvalue weighted by Crippen LogP contribution is -2.37. The van der Waals surface area contributed by atoms with E-state index in [-0.39, 0.29) is 0 Å². The molecule has 1 aliphatic rings. The van der Waals surface area contributed by atoms with Crippen molar-refractivity contribution in [1.29, 1.82) is 0 Å². The number of anilines is 1. The summed E-state index contributed by atoms with van der Waals surface area (Å²) in [6, 6.07) is 6.67. The van der Waals surface area contributed by atoms with Crippen molar-refractivity contribution in [3.05, 3.63) is 28.8 Å². The number of hydrogen-bond donors (Lipinski definition) is 1. The van der Waals surface area contributed by atoms with Gasteiger partial charge in [-0.3, -0.25) is 0 Å². The molecule has 1 fully saturated rings. The zero-order valence-corrected chi connectivity index (χ0v) is 10.7. The third-order valence-electron chi connectivity index (χ3n) is 3.20. The highest BCUT2D eigenvalue weighted by Crippen LogP contribution is 2.26. The highest BCUT2D eigenvalue weighted by molar-refractivity contribution is 6.30. The zero-order valence-electron chi connectivity index (χ0n) is 9.96. The van der Waals surface area contributed by atoms with Crippen LogP contribution in [0.4, 0.5) is 5.69 Å². The molecule has 2 rings (SSSR count). The SMILES string of the molecule is Cc1ccc(Cl)cc1N1CCCNCC1C. The van der Waals surface area contributed by atoms with Crippen molar-refractivity contribution in [3.63, 3.8) is 0 Å². The molecular formula is C13H19ClN2. The minimum absolute atomic E-state index is 0.527. The molecule has 0 saturated carbocycles. The van der Waals surface area contributed by atoms with E-state index in [2.05, 4.69) is 36.2 Å². The summed E-state index contributed by atoms with van der Waals surface area (Å²) in [6.45, 7) is 7.68. The van der Waals surface area contributed by atoms with Crippen LogP contribution in [0.15, 0.2) is 18.2 Å². The van der Waals surface area contributed by atoms with E-state index in [1.165, 1.54) is 17.7 Å². The highest BCUT2D eigenvalue weighted by atomic mass is 35.5. The van der Waals surface area contributed by atoms with Crippen LogP contribution in [0.1, 0.15) is 18.9 Å². The van der Waals surface area contributed by atoms with Crippen molar-refractivity contribution < 1.29 is 0 Å². The monoisotopic (exact) mass is 238 g/mol. The Labute approximate surface area is 103 Å². The normalized spacial score (nSPS) is 21.9. The van der Waals surface area contributed by atoms with Crippen molar-refractivity contribution in [2.45, 2.75) is 26.3 Å². The molecule has 2 nitrogen and oxygen atoms in total. The summed E-state index contributed by atoms with van der Waals surface area (Å²) >= 11 is 6.08. The topological polar surface area (TPSA) is 15.3 Å². The van der Waals surface area contributed by atoms with E-state index in [0.29, 0.717) is 6.04 Å². The van der Waals surface area contributed by atoms with Gasteiger partial charge in [-0.1, -0.05) is 17.7 Å². The molecule has 1 heterocycles. The van der Waals surface area contributed by atoms with E-state index in [9.17, 15) is 0 Å². The number of rotatable bonds is 1.